The summed E-state index contributed by atoms with van der Waals surface area (Å²) in [5, 5.41) is 15.3. The van der Waals surface area contributed by atoms with Crippen LogP contribution in [-0.4, -0.2) is 38.6 Å². The lowest BCUT2D eigenvalue weighted by atomic mass is 10.1. The zero-order chi connectivity index (χ0) is 22.8. The number of nitrogens with zero attached hydrogens (tertiary/aromatic N) is 2. The van der Waals surface area contributed by atoms with E-state index in [4.69, 9.17) is 11.6 Å². The fraction of sp³-hybridized carbons (Fsp3) is 0.455. The molecule has 1 aliphatic carbocycles. The van der Waals surface area contributed by atoms with Gasteiger partial charge in [0.25, 0.3) is 5.56 Å². The molecule has 0 atom stereocenters. The number of alkyl halides is 1. The van der Waals surface area contributed by atoms with Gasteiger partial charge in [0.15, 0.2) is 0 Å². The maximum Gasteiger partial charge on any atom is 0.254 e. The van der Waals surface area contributed by atoms with Gasteiger partial charge in [-0.05, 0) is 45.2 Å². The van der Waals surface area contributed by atoms with E-state index in [0.717, 1.165) is 18.4 Å². The lowest BCUT2D eigenvalue weighted by molar-refractivity contribution is -0.122. The zero-order valence-corrected chi connectivity index (χ0v) is 18.6. The SMILES string of the molecule is Cc1nc(-c2ccc(CCl)cc2NC(=O)C2CC2)cc(=O)n1CC(=O)NCC(C)(C)O. The molecule has 166 valence electrons. The van der Waals surface area contributed by atoms with Gasteiger partial charge in [-0.15, -0.1) is 11.6 Å². The van der Waals surface area contributed by atoms with Crippen molar-refractivity contribution in [3.63, 3.8) is 0 Å². The molecule has 3 N–H and O–H groups in total. The third kappa shape index (κ3) is 6.15. The van der Waals surface area contributed by atoms with Gasteiger partial charge in [-0.3, -0.25) is 19.0 Å². The van der Waals surface area contributed by atoms with E-state index in [1.807, 2.05) is 6.07 Å². The molecule has 1 heterocycles. The Morgan fingerprint density at radius 2 is 2.00 bits per heavy atom. The van der Waals surface area contributed by atoms with Crippen LogP contribution in [0, 0.1) is 12.8 Å². The summed E-state index contributed by atoms with van der Waals surface area (Å²) in [7, 11) is 0. The lowest BCUT2D eigenvalue weighted by Gasteiger charge is -2.18. The maximum atomic E-state index is 12.7. The van der Waals surface area contributed by atoms with E-state index in [-0.39, 0.29) is 30.5 Å². The standard InChI is InChI=1S/C22H27ClN4O4/c1-13-25-18(9-20(29)27(13)11-19(28)24-12-22(2,3)31)16-7-4-14(10-23)8-17(16)26-21(30)15-5-6-15/h4,7-9,15,31H,5-6,10-12H2,1-3H3,(H,24,28)(H,26,30). The minimum absolute atomic E-state index is 0.0256. The average molecular weight is 447 g/mol. The summed E-state index contributed by atoms with van der Waals surface area (Å²) in [6, 6.07) is 6.73. The molecule has 1 aliphatic rings. The van der Waals surface area contributed by atoms with Gasteiger partial charge in [0.05, 0.1) is 17.0 Å². The van der Waals surface area contributed by atoms with E-state index < -0.39 is 11.5 Å². The molecule has 2 aromatic rings. The number of aromatic nitrogens is 2. The largest absolute Gasteiger partial charge is 0.389 e. The van der Waals surface area contributed by atoms with Gasteiger partial charge >= 0.3 is 0 Å². The summed E-state index contributed by atoms with van der Waals surface area (Å²) in [5.74, 6) is 0.229. The molecule has 2 amide bonds. The second-order valence-corrected chi connectivity index (χ2v) is 8.75. The minimum Gasteiger partial charge on any atom is -0.389 e. The number of hydrogen-bond donors (Lipinski definition) is 3. The molecule has 0 aliphatic heterocycles. The number of rotatable bonds is 8. The van der Waals surface area contributed by atoms with Crippen LogP contribution >= 0.6 is 11.6 Å². The van der Waals surface area contributed by atoms with E-state index >= 15 is 0 Å². The molecule has 0 unspecified atom stereocenters. The van der Waals surface area contributed by atoms with E-state index in [2.05, 4.69) is 15.6 Å². The van der Waals surface area contributed by atoms with Crippen LogP contribution in [0.25, 0.3) is 11.3 Å². The number of carbonyl (C=O) groups is 2. The molecule has 1 aromatic heterocycles. The third-order valence-corrected chi connectivity index (χ3v) is 5.25. The van der Waals surface area contributed by atoms with Gasteiger partial charge in [-0.1, -0.05) is 12.1 Å². The Morgan fingerprint density at radius 3 is 2.58 bits per heavy atom. The number of anilines is 1. The number of amides is 2. The van der Waals surface area contributed by atoms with Crippen LogP contribution < -0.4 is 16.2 Å². The van der Waals surface area contributed by atoms with Crippen LogP contribution in [-0.2, 0) is 22.0 Å². The van der Waals surface area contributed by atoms with Crippen LogP contribution in [0.15, 0.2) is 29.1 Å². The fourth-order valence-electron chi connectivity index (χ4n) is 3.05. The normalized spacial score (nSPS) is 13.7. The highest BCUT2D eigenvalue weighted by Crippen LogP contribution is 2.33. The highest BCUT2D eigenvalue weighted by atomic mass is 35.5. The maximum absolute atomic E-state index is 12.7. The van der Waals surface area contributed by atoms with Crippen LogP contribution in [0.1, 0.15) is 38.1 Å². The van der Waals surface area contributed by atoms with Crippen molar-refractivity contribution >= 4 is 29.1 Å². The van der Waals surface area contributed by atoms with Crippen molar-refractivity contribution in [2.45, 2.75) is 51.6 Å². The van der Waals surface area contributed by atoms with Crippen LogP contribution in [0.2, 0.25) is 0 Å². The Kier molecular flexibility index (Phi) is 6.81. The van der Waals surface area contributed by atoms with Crippen LogP contribution in [0.4, 0.5) is 5.69 Å². The van der Waals surface area contributed by atoms with Gasteiger partial charge in [-0.25, -0.2) is 4.98 Å². The van der Waals surface area contributed by atoms with Crippen molar-refractivity contribution in [2.24, 2.45) is 5.92 Å². The summed E-state index contributed by atoms with van der Waals surface area (Å²) in [4.78, 5) is 41.7. The van der Waals surface area contributed by atoms with Crippen molar-refractivity contribution in [2.75, 3.05) is 11.9 Å². The topological polar surface area (TPSA) is 113 Å². The Hall–Kier alpha value is -2.71. The van der Waals surface area contributed by atoms with E-state index in [0.29, 0.717) is 28.6 Å². The highest BCUT2D eigenvalue weighted by molar-refractivity contribution is 6.17. The second kappa shape index (κ2) is 9.20. The average Bonchev–Trinajstić information content (AvgIpc) is 3.54. The first-order valence-electron chi connectivity index (χ1n) is 10.1. The predicted molar refractivity (Wildman–Crippen MR) is 119 cm³/mol. The predicted octanol–water partition coefficient (Wildman–Crippen LogP) is 2.19. The zero-order valence-electron chi connectivity index (χ0n) is 17.9. The number of carbonyl (C=O) groups excluding carboxylic acids is 2. The number of aryl methyl sites for hydroxylation is 1. The molecule has 1 fully saturated rings. The highest BCUT2D eigenvalue weighted by Gasteiger charge is 2.30. The Labute approximate surface area is 185 Å². The van der Waals surface area contributed by atoms with Gasteiger partial charge in [0, 0.05) is 30.0 Å². The first kappa shape index (κ1) is 23.0. The smallest absolute Gasteiger partial charge is 0.254 e. The minimum atomic E-state index is -1.05. The molecular formula is C22H27ClN4O4. The van der Waals surface area contributed by atoms with Gasteiger partial charge < -0.3 is 15.7 Å². The van der Waals surface area contributed by atoms with Gasteiger partial charge in [-0.2, -0.15) is 0 Å². The molecular weight excluding hydrogens is 420 g/mol. The summed E-state index contributed by atoms with van der Waals surface area (Å²) in [6.45, 7) is 4.67. The van der Waals surface area contributed by atoms with Crippen molar-refractivity contribution < 1.29 is 14.7 Å². The first-order valence-corrected chi connectivity index (χ1v) is 10.7. The third-order valence-electron chi connectivity index (χ3n) is 4.94. The molecule has 8 nitrogen and oxygen atoms in total. The first-order chi connectivity index (χ1) is 14.6. The number of benzene rings is 1. The Morgan fingerprint density at radius 1 is 1.29 bits per heavy atom. The summed E-state index contributed by atoms with van der Waals surface area (Å²) in [5.41, 5.74) is 0.979. The molecule has 0 bridgehead atoms. The van der Waals surface area contributed by atoms with Gasteiger partial charge in [0.1, 0.15) is 12.4 Å². The Balaban J connectivity index is 1.87. The number of halogens is 1. The summed E-state index contributed by atoms with van der Waals surface area (Å²) in [6.07, 6.45) is 1.75. The lowest BCUT2D eigenvalue weighted by Crippen LogP contribution is -2.41. The molecule has 1 aromatic carbocycles. The van der Waals surface area contributed by atoms with Crippen LogP contribution in [0.3, 0.4) is 0 Å². The molecule has 3 rings (SSSR count). The number of hydrogen-bond acceptors (Lipinski definition) is 5. The van der Waals surface area contributed by atoms with Crippen LogP contribution in [0.5, 0.6) is 0 Å². The van der Waals surface area contributed by atoms with Crippen molar-refractivity contribution in [3.05, 3.63) is 46.0 Å². The monoisotopic (exact) mass is 446 g/mol. The number of nitrogens with one attached hydrogen (secondary N) is 2. The molecule has 31 heavy (non-hydrogen) atoms. The van der Waals surface area contributed by atoms with E-state index in [1.54, 1.807) is 32.9 Å². The fourth-order valence-corrected chi connectivity index (χ4v) is 3.21. The van der Waals surface area contributed by atoms with Gasteiger partial charge in [0.2, 0.25) is 11.8 Å². The quantitative estimate of drug-likeness (QED) is 0.538. The van der Waals surface area contributed by atoms with Crippen molar-refractivity contribution in [1.29, 1.82) is 0 Å². The molecule has 9 heteroatoms. The Bertz CT molecular complexity index is 1050. The van der Waals surface area contributed by atoms with Crippen molar-refractivity contribution in [1.82, 2.24) is 14.9 Å². The summed E-state index contributed by atoms with van der Waals surface area (Å²) < 4.78 is 1.26. The molecule has 0 radical (unpaired) electrons. The summed E-state index contributed by atoms with van der Waals surface area (Å²) >= 11 is 5.95. The molecule has 0 spiro atoms. The van der Waals surface area contributed by atoms with Crippen molar-refractivity contribution in [3.8, 4) is 11.3 Å². The van der Waals surface area contributed by atoms with E-state index in [9.17, 15) is 19.5 Å². The molecule has 1 saturated carbocycles. The second-order valence-electron chi connectivity index (χ2n) is 8.48. The number of aliphatic hydroxyl groups is 1. The molecule has 0 saturated heterocycles. The van der Waals surface area contributed by atoms with E-state index in [1.165, 1.54) is 10.6 Å².